The van der Waals surface area contributed by atoms with Crippen molar-refractivity contribution in [2.45, 2.75) is 19.5 Å². The van der Waals surface area contributed by atoms with E-state index in [1.165, 1.54) is 4.88 Å². The van der Waals surface area contributed by atoms with Crippen LogP contribution < -0.4 is 10.6 Å². The quantitative estimate of drug-likeness (QED) is 0.316. The maximum Gasteiger partial charge on any atom is 0.191 e. The topological polar surface area (TPSA) is 67.4 Å². The van der Waals surface area contributed by atoms with Gasteiger partial charge in [0.2, 0.25) is 0 Å². The molecule has 3 rings (SSSR count). The molecule has 0 amide bonds. The van der Waals surface area contributed by atoms with Gasteiger partial charge in [-0.1, -0.05) is 6.07 Å². The van der Waals surface area contributed by atoms with Gasteiger partial charge in [-0.15, -0.1) is 35.3 Å². The zero-order chi connectivity index (χ0) is 16.6. The number of thiophene rings is 1. The van der Waals surface area contributed by atoms with Gasteiger partial charge in [-0.3, -0.25) is 4.68 Å². The first-order valence-corrected chi connectivity index (χ1v) is 8.73. The van der Waals surface area contributed by atoms with Crippen molar-refractivity contribution in [1.82, 2.24) is 20.4 Å². The summed E-state index contributed by atoms with van der Waals surface area (Å²) in [5.74, 6) is 1.75. The molecule has 0 atom stereocenters. The summed E-state index contributed by atoms with van der Waals surface area (Å²) >= 11 is 1.73. The van der Waals surface area contributed by atoms with Crippen molar-refractivity contribution in [3.05, 3.63) is 64.5 Å². The van der Waals surface area contributed by atoms with Gasteiger partial charge in [0.25, 0.3) is 0 Å². The molecule has 0 radical (unpaired) electrons. The Hall–Kier alpha value is -1.81. The highest BCUT2D eigenvalue weighted by Gasteiger charge is 2.03. The lowest BCUT2D eigenvalue weighted by Crippen LogP contribution is -2.38. The van der Waals surface area contributed by atoms with Crippen LogP contribution in [0.5, 0.6) is 0 Å². The number of hydrogen-bond acceptors (Lipinski definition) is 4. The first-order valence-electron chi connectivity index (χ1n) is 7.85. The normalized spacial score (nSPS) is 11.2. The van der Waals surface area contributed by atoms with E-state index in [-0.39, 0.29) is 24.0 Å². The lowest BCUT2D eigenvalue weighted by atomic mass is 10.3. The molecule has 0 unspecified atom stereocenters. The lowest BCUT2D eigenvalue weighted by molar-refractivity contribution is 0.506. The van der Waals surface area contributed by atoms with E-state index in [4.69, 9.17) is 4.42 Å². The maximum absolute atomic E-state index is 5.36. The predicted octanol–water partition coefficient (Wildman–Crippen LogP) is 3.17. The fourth-order valence-electron chi connectivity index (χ4n) is 2.23. The van der Waals surface area contributed by atoms with E-state index in [9.17, 15) is 0 Å². The van der Waals surface area contributed by atoms with E-state index in [2.05, 4.69) is 38.2 Å². The average Bonchev–Trinajstić information content (AvgIpc) is 3.33. The summed E-state index contributed by atoms with van der Waals surface area (Å²) < 4.78 is 7.20. The van der Waals surface area contributed by atoms with Gasteiger partial charge in [0.15, 0.2) is 5.96 Å². The molecular weight excluding hydrogens is 449 g/mol. The van der Waals surface area contributed by atoms with Crippen molar-refractivity contribution < 1.29 is 4.42 Å². The zero-order valence-electron chi connectivity index (χ0n) is 14.0. The summed E-state index contributed by atoms with van der Waals surface area (Å²) in [5.41, 5.74) is 1.07. The largest absolute Gasteiger partial charge is 0.469 e. The molecule has 0 saturated carbocycles. The minimum absolute atomic E-state index is 0. The molecule has 0 spiro atoms. The van der Waals surface area contributed by atoms with Crippen molar-refractivity contribution in [2.24, 2.45) is 12.0 Å². The van der Waals surface area contributed by atoms with E-state index in [0.29, 0.717) is 6.54 Å². The van der Waals surface area contributed by atoms with Crippen LogP contribution in [0.1, 0.15) is 16.3 Å². The molecule has 2 N–H and O–H groups in total. The highest BCUT2D eigenvalue weighted by molar-refractivity contribution is 14.0. The Bertz CT molecular complexity index is 752. The molecule has 0 aliphatic carbocycles. The zero-order valence-corrected chi connectivity index (χ0v) is 17.2. The molecule has 6 nitrogen and oxygen atoms in total. The van der Waals surface area contributed by atoms with Crippen LogP contribution in [0.25, 0.3) is 0 Å². The second kappa shape index (κ2) is 10.2. The Kier molecular flexibility index (Phi) is 7.99. The van der Waals surface area contributed by atoms with Gasteiger partial charge < -0.3 is 15.1 Å². The number of rotatable bonds is 7. The third-order valence-electron chi connectivity index (χ3n) is 3.58. The van der Waals surface area contributed by atoms with Gasteiger partial charge >= 0.3 is 0 Å². The SMILES string of the molecule is Cn1nccc1CN=C(NCCc1ccco1)NCc1cccs1.I. The number of hydrogen-bond donors (Lipinski definition) is 2. The Morgan fingerprint density at radius 1 is 1.28 bits per heavy atom. The van der Waals surface area contributed by atoms with Crippen LogP contribution >= 0.6 is 35.3 Å². The van der Waals surface area contributed by atoms with Crippen LogP contribution in [0, 0.1) is 0 Å². The third kappa shape index (κ3) is 6.20. The third-order valence-corrected chi connectivity index (χ3v) is 4.45. The minimum Gasteiger partial charge on any atom is -0.469 e. The van der Waals surface area contributed by atoms with E-state index in [1.54, 1.807) is 23.8 Å². The highest BCUT2D eigenvalue weighted by atomic mass is 127. The molecule has 0 aliphatic heterocycles. The first-order chi connectivity index (χ1) is 11.8. The molecule has 0 bridgehead atoms. The average molecular weight is 471 g/mol. The van der Waals surface area contributed by atoms with Crippen molar-refractivity contribution in [3.63, 3.8) is 0 Å². The Morgan fingerprint density at radius 2 is 2.20 bits per heavy atom. The number of aliphatic imine (C=N–C) groups is 1. The first kappa shape index (κ1) is 19.5. The van der Waals surface area contributed by atoms with E-state index in [0.717, 1.165) is 36.9 Å². The summed E-state index contributed by atoms with van der Waals surface area (Å²) in [6, 6.07) is 10.0. The summed E-state index contributed by atoms with van der Waals surface area (Å²) in [7, 11) is 1.92. The standard InChI is InChI=1S/C17H21N5OS.HI/c1-22-14(6-9-21-22)12-19-17(20-13-16-5-3-11-24-16)18-8-7-15-4-2-10-23-15;/h2-6,9-11H,7-8,12-13H2,1H3,(H2,18,19,20);1H. The van der Waals surface area contributed by atoms with Gasteiger partial charge in [-0.05, 0) is 29.6 Å². The van der Waals surface area contributed by atoms with Crippen LogP contribution in [-0.2, 0) is 26.6 Å². The number of nitrogens with one attached hydrogen (secondary N) is 2. The van der Waals surface area contributed by atoms with Crippen molar-refractivity contribution >= 4 is 41.3 Å². The molecule has 8 heteroatoms. The molecule has 3 heterocycles. The molecular formula is C17H22IN5OS. The lowest BCUT2D eigenvalue weighted by Gasteiger charge is -2.11. The van der Waals surface area contributed by atoms with E-state index < -0.39 is 0 Å². The molecule has 134 valence electrons. The Morgan fingerprint density at radius 3 is 2.88 bits per heavy atom. The number of nitrogens with zero attached hydrogens (tertiary/aromatic N) is 3. The number of aromatic nitrogens is 2. The van der Waals surface area contributed by atoms with Crippen molar-refractivity contribution in [3.8, 4) is 0 Å². The van der Waals surface area contributed by atoms with Gasteiger partial charge in [-0.25, -0.2) is 4.99 Å². The molecule has 3 aromatic heterocycles. The summed E-state index contributed by atoms with van der Waals surface area (Å²) in [6.07, 6.45) is 4.30. The van der Waals surface area contributed by atoms with Crippen LogP contribution in [0.3, 0.4) is 0 Å². The molecule has 0 aromatic carbocycles. The fraction of sp³-hybridized carbons (Fsp3) is 0.294. The number of aryl methyl sites for hydroxylation is 1. The van der Waals surface area contributed by atoms with Crippen LogP contribution in [0.4, 0.5) is 0 Å². The molecule has 0 saturated heterocycles. The van der Waals surface area contributed by atoms with Crippen LogP contribution in [0.2, 0.25) is 0 Å². The summed E-state index contributed by atoms with van der Waals surface area (Å²) in [6.45, 7) is 2.10. The minimum atomic E-state index is 0. The molecule has 3 aromatic rings. The number of furan rings is 1. The van der Waals surface area contributed by atoms with Gasteiger partial charge in [-0.2, -0.15) is 5.10 Å². The van der Waals surface area contributed by atoms with Crippen molar-refractivity contribution in [2.75, 3.05) is 6.54 Å². The summed E-state index contributed by atoms with van der Waals surface area (Å²) in [4.78, 5) is 5.93. The Labute approximate surface area is 168 Å². The molecule has 25 heavy (non-hydrogen) atoms. The second-order valence-electron chi connectivity index (χ2n) is 5.30. The van der Waals surface area contributed by atoms with Crippen LogP contribution in [-0.4, -0.2) is 22.3 Å². The van der Waals surface area contributed by atoms with Gasteiger partial charge in [0.05, 0.1) is 25.0 Å². The Balaban J connectivity index is 0.00000225. The predicted molar refractivity (Wildman–Crippen MR) is 111 cm³/mol. The van der Waals surface area contributed by atoms with Gasteiger partial charge in [0.1, 0.15) is 5.76 Å². The molecule has 0 fully saturated rings. The smallest absolute Gasteiger partial charge is 0.191 e. The van der Waals surface area contributed by atoms with Crippen LogP contribution in [0.15, 0.2) is 57.6 Å². The highest BCUT2D eigenvalue weighted by Crippen LogP contribution is 2.07. The van der Waals surface area contributed by atoms with E-state index >= 15 is 0 Å². The summed E-state index contributed by atoms with van der Waals surface area (Å²) in [5, 5.41) is 13.0. The fourth-order valence-corrected chi connectivity index (χ4v) is 2.88. The molecule has 0 aliphatic rings. The van der Waals surface area contributed by atoms with E-state index in [1.807, 2.05) is 29.9 Å². The van der Waals surface area contributed by atoms with Crippen molar-refractivity contribution in [1.29, 1.82) is 0 Å². The second-order valence-corrected chi connectivity index (χ2v) is 6.33. The maximum atomic E-state index is 5.36. The number of halogens is 1. The number of guanidine groups is 1. The monoisotopic (exact) mass is 471 g/mol. The van der Waals surface area contributed by atoms with Gasteiger partial charge in [0, 0.05) is 31.1 Å².